The summed E-state index contributed by atoms with van der Waals surface area (Å²) in [5.41, 5.74) is 3.65. The molecule has 0 aliphatic heterocycles. The number of ether oxygens (including phenoxy) is 2. The summed E-state index contributed by atoms with van der Waals surface area (Å²) in [4.78, 5) is 22.8. The van der Waals surface area contributed by atoms with Gasteiger partial charge in [0.25, 0.3) is 0 Å². The van der Waals surface area contributed by atoms with Crippen LogP contribution >= 0.6 is 0 Å². The van der Waals surface area contributed by atoms with Gasteiger partial charge in [-0.1, -0.05) is 64.1 Å². The molecule has 0 bridgehead atoms. The first-order chi connectivity index (χ1) is 14.7. The van der Waals surface area contributed by atoms with Crippen LogP contribution in [0.15, 0.2) is 61.7 Å². The number of esters is 2. The van der Waals surface area contributed by atoms with Crippen molar-refractivity contribution in [1.82, 2.24) is 0 Å². The van der Waals surface area contributed by atoms with Gasteiger partial charge in [-0.15, -0.1) is 13.2 Å². The van der Waals surface area contributed by atoms with Gasteiger partial charge >= 0.3 is 11.9 Å². The van der Waals surface area contributed by atoms with Crippen molar-refractivity contribution < 1.29 is 19.1 Å². The van der Waals surface area contributed by atoms with E-state index in [0.29, 0.717) is 24.3 Å². The van der Waals surface area contributed by atoms with Gasteiger partial charge in [-0.05, 0) is 47.2 Å². The summed E-state index contributed by atoms with van der Waals surface area (Å²) in [6, 6.07) is 11.7. The van der Waals surface area contributed by atoms with E-state index in [1.54, 1.807) is 12.2 Å². The molecular weight excluding hydrogens is 388 g/mol. The molecule has 0 saturated carbocycles. The zero-order valence-corrected chi connectivity index (χ0v) is 19.6. The zero-order chi connectivity index (χ0) is 23.6. The summed E-state index contributed by atoms with van der Waals surface area (Å²) >= 11 is 0. The molecule has 0 unspecified atom stereocenters. The maximum absolute atomic E-state index is 11.4. The molecule has 0 aromatic heterocycles. The molecule has 0 aliphatic carbocycles. The Bertz CT molecular complexity index is 863. The van der Waals surface area contributed by atoms with E-state index in [9.17, 15) is 9.59 Å². The highest BCUT2D eigenvalue weighted by Gasteiger charge is 2.25. The van der Waals surface area contributed by atoms with E-state index in [1.807, 2.05) is 50.2 Å². The monoisotopic (exact) mass is 422 g/mol. The van der Waals surface area contributed by atoms with E-state index < -0.39 is 0 Å². The van der Waals surface area contributed by atoms with Crippen LogP contribution in [0.4, 0.5) is 0 Å². The molecule has 2 rings (SSSR count). The van der Waals surface area contributed by atoms with Gasteiger partial charge in [-0.3, -0.25) is 9.59 Å². The summed E-state index contributed by atoms with van der Waals surface area (Å²) in [5.74, 6) is 0.402. The average Bonchev–Trinajstić information content (AvgIpc) is 2.71. The highest BCUT2D eigenvalue weighted by atomic mass is 16.5. The van der Waals surface area contributed by atoms with Crippen molar-refractivity contribution in [2.45, 2.75) is 59.8 Å². The third kappa shape index (κ3) is 6.95. The fourth-order valence-corrected chi connectivity index (χ4v) is 3.24. The highest BCUT2D eigenvalue weighted by Crippen LogP contribution is 2.36. The first kappa shape index (κ1) is 25.9. The molecule has 0 atom stereocenters. The van der Waals surface area contributed by atoms with Crippen molar-refractivity contribution >= 4 is 11.9 Å². The van der Waals surface area contributed by atoms with E-state index in [-0.39, 0.29) is 17.4 Å². The predicted molar refractivity (Wildman–Crippen MR) is 127 cm³/mol. The van der Waals surface area contributed by atoms with Crippen LogP contribution in [0.5, 0.6) is 11.5 Å². The molecule has 166 valence electrons. The van der Waals surface area contributed by atoms with Crippen LogP contribution < -0.4 is 9.47 Å². The van der Waals surface area contributed by atoms with Crippen LogP contribution in [-0.4, -0.2) is 11.9 Å². The second-order valence-electron chi connectivity index (χ2n) is 7.44. The van der Waals surface area contributed by atoms with Crippen molar-refractivity contribution in [2.75, 3.05) is 0 Å². The fourth-order valence-electron chi connectivity index (χ4n) is 3.24. The molecule has 0 saturated heterocycles. The van der Waals surface area contributed by atoms with Crippen LogP contribution in [0.2, 0.25) is 0 Å². The molecule has 0 radical (unpaired) electrons. The van der Waals surface area contributed by atoms with Crippen molar-refractivity contribution in [3.05, 3.63) is 84.0 Å². The second-order valence-corrected chi connectivity index (χ2v) is 7.44. The smallest absolute Gasteiger partial charge is 0.308 e. The summed E-state index contributed by atoms with van der Waals surface area (Å²) in [7, 11) is 0. The molecule has 2 aromatic carbocycles. The van der Waals surface area contributed by atoms with Gasteiger partial charge in [0.05, 0.1) is 0 Å². The summed E-state index contributed by atoms with van der Waals surface area (Å²) in [5, 5.41) is 0. The maximum Gasteiger partial charge on any atom is 0.308 e. The van der Waals surface area contributed by atoms with E-state index in [1.165, 1.54) is 13.8 Å². The first-order valence-electron chi connectivity index (χ1n) is 10.5. The van der Waals surface area contributed by atoms with Crippen LogP contribution in [0, 0.1) is 0 Å². The van der Waals surface area contributed by atoms with Gasteiger partial charge in [0.1, 0.15) is 11.5 Å². The molecule has 4 nitrogen and oxygen atoms in total. The van der Waals surface area contributed by atoms with Gasteiger partial charge in [-0.2, -0.15) is 0 Å². The minimum Gasteiger partial charge on any atom is -0.426 e. The maximum atomic E-state index is 11.4. The topological polar surface area (TPSA) is 52.6 Å². The lowest BCUT2D eigenvalue weighted by atomic mass is 9.77. The van der Waals surface area contributed by atoms with Crippen LogP contribution in [0.3, 0.4) is 0 Å². The Labute approximate surface area is 186 Å². The van der Waals surface area contributed by atoms with E-state index in [2.05, 4.69) is 27.0 Å². The Morgan fingerprint density at radius 1 is 0.806 bits per heavy atom. The van der Waals surface area contributed by atoms with Crippen LogP contribution in [0.25, 0.3) is 0 Å². The number of carbonyl (C=O) groups excluding carboxylic acids is 2. The normalized spacial score (nSPS) is 10.4. The largest absolute Gasteiger partial charge is 0.426 e. The number of allylic oxidation sites excluding steroid dienone is 2. The van der Waals surface area contributed by atoms with Gasteiger partial charge < -0.3 is 9.47 Å². The minimum atomic E-state index is -0.350. The predicted octanol–water partition coefficient (Wildman–Crippen LogP) is 6.35. The lowest BCUT2D eigenvalue weighted by Crippen LogP contribution is -2.20. The van der Waals surface area contributed by atoms with Gasteiger partial charge in [0.15, 0.2) is 0 Å². The quantitative estimate of drug-likeness (QED) is 0.283. The first-order valence-corrected chi connectivity index (χ1v) is 10.5. The third-order valence-corrected chi connectivity index (χ3v) is 4.80. The van der Waals surface area contributed by atoms with E-state index in [4.69, 9.17) is 9.47 Å². The minimum absolute atomic E-state index is 0.324. The number of hydrogen-bond acceptors (Lipinski definition) is 4. The Balaban J connectivity index is 0.00000233. The average molecular weight is 423 g/mol. The molecule has 0 spiro atoms. The third-order valence-electron chi connectivity index (χ3n) is 4.80. The van der Waals surface area contributed by atoms with E-state index in [0.717, 1.165) is 22.3 Å². The van der Waals surface area contributed by atoms with Gasteiger partial charge in [0.2, 0.25) is 0 Å². The number of carbonyl (C=O) groups is 2. The molecule has 31 heavy (non-hydrogen) atoms. The lowest BCUT2D eigenvalue weighted by Gasteiger charge is -2.28. The van der Waals surface area contributed by atoms with E-state index >= 15 is 0 Å². The Morgan fingerprint density at radius 2 is 1.16 bits per heavy atom. The highest BCUT2D eigenvalue weighted by molar-refractivity contribution is 5.70. The van der Waals surface area contributed by atoms with Crippen LogP contribution in [-0.2, 0) is 27.8 Å². The Morgan fingerprint density at radius 3 is 1.45 bits per heavy atom. The molecule has 0 N–H and O–H groups in total. The zero-order valence-electron chi connectivity index (χ0n) is 19.6. The molecule has 0 aliphatic rings. The molecule has 4 heteroatoms. The van der Waals surface area contributed by atoms with Crippen molar-refractivity contribution in [3.8, 4) is 11.5 Å². The van der Waals surface area contributed by atoms with Crippen LogP contribution in [0.1, 0.15) is 63.8 Å². The fraction of sp³-hybridized carbons (Fsp3) is 0.333. The molecular formula is C27H34O4. The van der Waals surface area contributed by atoms with Gasteiger partial charge in [0, 0.05) is 19.3 Å². The summed E-state index contributed by atoms with van der Waals surface area (Å²) < 4.78 is 10.7. The van der Waals surface area contributed by atoms with Crippen molar-refractivity contribution in [1.29, 1.82) is 0 Å². The molecule has 0 fully saturated rings. The van der Waals surface area contributed by atoms with Crippen molar-refractivity contribution in [2.24, 2.45) is 0 Å². The standard InChI is InChI=1S/C25H28O4.C2H6/c1-7-9-19-15-21(11-13-23(19)28-17(3)26)25(5,6)22-12-14-24(29-18(4)27)20(16-22)10-8-2;1-2/h7-8,11-16H,1-2,9-10H2,3-6H3;1-2H3. The molecule has 2 aromatic rings. The molecule has 0 amide bonds. The SMILES string of the molecule is C=CCc1cc(C(C)(C)c2ccc(OC(C)=O)c(CC=C)c2)ccc1OC(C)=O.CC. The molecule has 0 heterocycles. The Hall–Kier alpha value is -3.14. The number of benzene rings is 2. The summed E-state index contributed by atoms with van der Waals surface area (Å²) in [6.07, 6.45) is 4.77. The van der Waals surface area contributed by atoms with Gasteiger partial charge in [-0.25, -0.2) is 0 Å². The summed E-state index contributed by atoms with van der Waals surface area (Å²) in [6.45, 7) is 18.6. The number of rotatable bonds is 8. The lowest BCUT2D eigenvalue weighted by molar-refractivity contribution is -0.132. The Kier molecular flexibility index (Phi) is 9.94. The van der Waals surface area contributed by atoms with Crippen molar-refractivity contribution in [3.63, 3.8) is 0 Å². The second kappa shape index (κ2) is 11.9. The number of hydrogen-bond donors (Lipinski definition) is 0.